The zero-order valence-corrected chi connectivity index (χ0v) is 15.6. The van der Waals surface area contributed by atoms with Crippen molar-refractivity contribution < 1.29 is 9.15 Å². The van der Waals surface area contributed by atoms with Crippen molar-refractivity contribution in [2.45, 2.75) is 6.92 Å². The Balaban J connectivity index is 1.65. The van der Waals surface area contributed by atoms with Gasteiger partial charge in [0.1, 0.15) is 16.9 Å². The summed E-state index contributed by atoms with van der Waals surface area (Å²) in [7, 11) is 0. The molecular weight excluding hydrogens is 346 g/mol. The molecule has 0 saturated heterocycles. The Morgan fingerprint density at radius 2 is 1.79 bits per heavy atom. The van der Waals surface area contributed by atoms with Gasteiger partial charge >= 0.3 is 0 Å². The number of aryl methyl sites for hydroxylation is 1. The summed E-state index contributed by atoms with van der Waals surface area (Å²) in [6, 6.07) is 20.5. The van der Waals surface area contributed by atoms with Crippen LogP contribution in [0, 0.1) is 6.92 Å². The van der Waals surface area contributed by atoms with Gasteiger partial charge in [0.15, 0.2) is 6.73 Å². The summed E-state index contributed by atoms with van der Waals surface area (Å²) in [4.78, 5) is 4.45. The van der Waals surface area contributed by atoms with Gasteiger partial charge in [0.05, 0.1) is 0 Å². The van der Waals surface area contributed by atoms with Crippen LogP contribution in [0.25, 0.3) is 33.1 Å². The van der Waals surface area contributed by atoms with Crippen molar-refractivity contribution >= 4 is 39.3 Å². The highest BCUT2D eigenvalue weighted by Crippen LogP contribution is 2.33. The maximum atomic E-state index is 5.95. The van der Waals surface area contributed by atoms with Crippen LogP contribution in [0.5, 0.6) is 5.75 Å². The number of allylic oxidation sites excluding steroid dienone is 3. The third kappa shape index (κ3) is 2.81. The molecule has 2 heterocycles. The number of furan rings is 1. The summed E-state index contributed by atoms with van der Waals surface area (Å²) in [5.41, 5.74) is 6.92. The van der Waals surface area contributed by atoms with Gasteiger partial charge in [-0.05, 0) is 54.5 Å². The molecule has 3 aromatic carbocycles. The molecule has 0 spiro atoms. The van der Waals surface area contributed by atoms with E-state index in [1.165, 1.54) is 5.56 Å². The number of nitrogens with zero attached hydrogens (tertiary/aromatic N) is 1. The van der Waals surface area contributed by atoms with E-state index in [1.807, 2.05) is 42.6 Å². The van der Waals surface area contributed by atoms with Gasteiger partial charge in [0, 0.05) is 28.1 Å². The smallest absolute Gasteiger partial charge is 0.179 e. The number of ether oxygens (including phenoxy) is 1. The molecular formula is C25H19NO2. The fraction of sp³-hybridized carbons (Fsp3) is 0.0800. The van der Waals surface area contributed by atoms with Crippen molar-refractivity contribution in [2.75, 3.05) is 6.73 Å². The van der Waals surface area contributed by atoms with Crippen LogP contribution in [-0.2, 0) is 0 Å². The van der Waals surface area contributed by atoms with Crippen LogP contribution < -0.4 is 4.74 Å². The number of aliphatic imine (C=N–C) groups is 1. The third-order valence-corrected chi connectivity index (χ3v) is 5.05. The second-order valence-electron chi connectivity index (χ2n) is 7.02. The predicted molar refractivity (Wildman–Crippen MR) is 116 cm³/mol. The van der Waals surface area contributed by atoms with Crippen LogP contribution in [0.2, 0.25) is 0 Å². The van der Waals surface area contributed by atoms with E-state index in [4.69, 9.17) is 9.15 Å². The molecule has 5 rings (SSSR count). The first-order valence-corrected chi connectivity index (χ1v) is 9.25. The lowest BCUT2D eigenvalue weighted by atomic mass is 9.97. The highest BCUT2D eigenvalue weighted by atomic mass is 16.5. The molecule has 0 aliphatic carbocycles. The van der Waals surface area contributed by atoms with Crippen molar-refractivity contribution in [3.05, 3.63) is 90.0 Å². The SMILES string of the molecule is C=C1/C=C(/c2ccc3oc4ccccc4c3c2)C=NCOc2ccc(C)cc21. The molecule has 136 valence electrons. The molecule has 1 aliphatic heterocycles. The number of para-hydroxylation sites is 1. The summed E-state index contributed by atoms with van der Waals surface area (Å²) in [6.45, 7) is 6.63. The number of benzene rings is 3. The van der Waals surface area contributed by atoms with Crippen molar-refractivity contribution in [3.63, 3.8) is 0 Å². The molecule has 0 amide bonds. The molecule has 4 aromatic rings. The van der Waals surface area contributed by atoms with E-state index in [0.29, 0.717) is 0 Å². The van der Waals surface area contributed by atoms with E-state index in [2.05, 4.69) is 48.8 Å². The maximum absolute atomic E-state index is 5.95. The topological polar surface area (TPSA) is 34.7 Å². The largest absolute Gasteiger partial charge is 0.471 e. The van der Waals surface area contributed by atoms with Gasteiger partial charge in [0.2, 0.25) is 0 Å². The molecule has 0 atom stereocenters. The quantitative estimate of drug-likeness (QED) is 0.390. The number of fused-ring (bicyclic) bond motifs is 4. The van der Waals surface area contributed by atoms with Crippen LogP contribution in [0.15, 0.2) is 82.7 Å². The molecule has 0 bridgehead atoms. The minimum absolute atomic E-state index is 0.275. The predicted octanol–water partition coefficient (Wildman–Crippen LogP) is 6.41. The lowest BCUT2D eigenvalue weighted by Crippen LogP contribution is -1.96. The highest BCUT2D eigenvalue weighted by molar-refractivity contribution is 6.15. The second kappa shape index (κ2) is 6.54. The zero-order valence-electron chi connectivity index (χ0n) is 15.6. The minimum atomic E-state index is 0.275. The van der Waals surface area contributed by atoms with E-state index in [-0.39, 0.29) is 6.73 Å². The molecule has 0 N–H and O–H groups in total. The first-order valence-electron chi connectivity index (χ1n) is 9.25. The zero-order chi connectivity index (χ0) is 19.1. The van der Waals surface area contributed by atoms with Crippen molar-refractivity contribution in [3.8, 4) is 5.75 Å². The lowest BCUT2D eigenvalue weighted by Gasteiger charge is -2.10. The van der Waals surface area contributed by atoms with Crippen LogP contribution in [0.1, 0.15) is 16.7 Å². The molecule has 3 nitrogen and oxygen atoms in total. The summed E-state index contributed by atoms with van der Waals surface area (Å²) in [5.74, 6) is 0.807. The van der Waals surface area contributed by atoms with Gasteiger partial charge in [-0.3, -0.25) is 4.99 Å². The molecule has 0 radical (unpaired) electrons. The van der Waals surface area contributed by atoms with Gasteiger partial charge in [-0.2, -0.15) is 0 Å². The normalized spacial score (nSPS) is 16.0. The maximum Gasteiger partial charge on any atom is 0.179 e. The summed E-state index contributed by atoms with van der Waals surface area (Å²) in [5, 5.41) is 2.21. The second-order valence-corrected chi connectivity index (χ2v) is 7.02. The van der Waals surface area contributed by atoms with Gasteiger partial charge in [-0.1, -0.05) is 42.5 Å². The Kier molecular flexibility index (Phi) is 3.87. The van der Waals surface area contributed by atoms with E-state index < -0.39 is 0 Å². The standard InChI is InChI=1S/C25H19NO2/c1-16-7-9-23-21(11-16)17(2)12-19(14-26-15-27-23)18-8-10-25-22(13-18)20-5-3-4-6-24(20)28-25/h3-14H,2,15H2,1H3/b19-12+,26-14?. The van der Waals surface area contributed by atoms with Crippen molar-refractivity contribution in [1.29, 1.82) is 0 Å². The van der Waals surface area contributed by atoms with E-state index in [9.17, 15) is 0 Å². The van der Waals surface area contributed by atoms with E-state index >= 15 is 0 Å². The number of hydrogen-bond donors (Lipinski definition) is 0. The Morgan fingerprint density at radius 1 is 0.929 bits per heavy atom. The summed E-state index contributed by atoms with van der Waals surface area (Å²) < 4.78 is 11.8. The van der Waals surface area contributed by atoms with E-state index in [1.54, 1.807) is 0 Å². The van der Waals surface area contributed by atoms with Crippen LogP contribution in [0.3, 0.4) is 0 Å². The first kappa shape index (κ1) is 16.6. The molecule has 0 fully saturated rings. The monoisotopic (exact) mass is 365 g/mol. The minimum Gasteiger partial charge on any atom is -0.471 e. The fourth-order valence-corrected chi connectivity index (χ4v) is 3.63. The van der Waals surface area contributed by atoms with Crippen LogP contribution in [-0.4, -0.2) is 12.9 Å². The molecule has 28 heavy (non-hydrogen) atoms. The lowest BCUT2D eigenvalue weighted by molar-refractivity contribution is 0.331. The Bertz CT molecular complexity index is 1290. The van der Waals surface area contributed by atoms with Gasteiger partial charge in [-0.15, -0.1) is 0 Å². The number of hydrogen-bond acceptors (Lipinski definition) is 3. The molecule has 1 aromatic heterocycles. The van der Waals surface area contributed by atoms with Crippen molar-refractivity contribution in [1.82, 2.24) is 0 Å². The van der Waals surface area contributed by atoms with E-state index in [0.717, 1.165) is 50.0 Å². The Morgan fingerprint density at radius 3 is 2.71 bits per heavy atom. The van der Waals surface area contributed by atoms with Crippen LogP contribution in [0.4, 0.5) is 0 Å². The number of rotatable bonds is 1. The highest BCUT2D eigenvalue weighted by Gasteiger charge is 2.12. The van der Waals surface area contributed by atoms with Crippen molar-refractivity contribution in [2.24, 2.45) is 4.99 Å². The Hall–Kier alpha value is -3.59. The first-order chi connectivity index (χ1) is 13.7. The fourth-order valence-electron chi connectivity index (χ4n) is 3.63. The average molecular weight is 365 g/mol. The summed E-state index contributed by atoms with van der Waals surface area (Å²) in [6.07, 6.45) is 3.92. The molecule has 3 heteroatoms. The van der Waals surface area contributed by atoms with Gasteiger partial charge in [0.25, 0.3) is 0 Å². The van der Waals surface area contributed by atoms with Crippen LogP contribution >= 0.6 is 0 Å². The van der Waals surface area contributed by atoms with Gasteiger partial charge < -0.3 is 9.15 Å². The molecule has 0 unspecified atom stereocenters. The molecule has 1 aliphatic rings. The summed E-state index contributed by atoms with van der Waals surface area (Å²) >= 11 is 0. The average Bonchev–Trinajstić information content (AvgIpc) is 3.11. The van der Waals surface area contributed by atoms with Gasteiger partial charge in [-0.25, -0.2) is 0 Å². The third-order valence-electron chi connectivity index (χ3n) is 5.05. The molecule has 0 saturated carbocycles. The Labute approximate surface area is 163 Å².